The zero-order valence-electron chi connectivity index (χ0n) is 19.4. The molecule has 0 saturated carbocycles. The summed E-state index contributed by atoms with van der Waals surface area (Å²) in [7, 11) is 3.18. The van der Waals surface area contributed by atoms with Crippen LogP contribution in [0.1, 0.15) is 11.1 Å². The highest BCUT2D eigenvalue weighted by Crippen LogP contribution is 2.30. The lowest BCUT2D eigenvalue weighted by molar-refractivity contribution is -0.117. The molecule has 2 amide bonds. The number of hydrazone groups is 1. The van der Waals surface area contributed by atoms with E-state index in [0.717, 1.165) is 48.7 Å². The van der Waals surface area contributed by atoms with Crippen molar-refractivity contribution in [3.8, 4) is 11.5 Å². The van der Waals surface area contributed by atoms with Gasteiger partial charge in [0.1, 0.15) is 0 Å². The average Bonchev–Trinajstić information content (AvgIpc) is 2.86. The Morgan fingerprint density at radius 3 is 2.53 bits per heavy atom. The summed E-state index contributed by atoms with van der Waals surface area (Å²) >= 11 is 1.22. The summed E-state index contributed by atoms with van der Waals surface area (Å²) in [6.07, 6.45) is 0. The Morgan fingerprint density at radius 1 is 1.09 bits per heavy atom. The van der Waals surface area contributed by atoms with Crippen LogP contribution in [0.25, 0.3) is 0 Å². The number of anilines is 1. The second kappa shape index (κ2) is 11.4. The Balaban J connectivity index is 1.39. The molecule has 0 atom stereocenters. The van der Waals surface area contributed by atoms with E-state index in [0.29, 0.717) is 30.3 Å². The summed E-state index contributed by atoms with van der Waals surface area (Å²) in [5, 5.41) is 12.2. The number of nitrogens with one attached hydrogen (secondary N) is 2. The molecule has 2 aromatic rings. The Hall–Kier alpha value is -3.08. The summed E-state index contributed by atoms with van der Waals surface area (Å²) in [5.74, 6) is 1.72. The van der Waals surface area contributed by atoms with Crippen molar-refractivity contribution in [1.82, 2.24) is 15.2 Å². The van der Waals surface area contributed by atoms with E-state index >= 15 is 0 Å². The molecule has 2 N–H and O–H groups in total. The standard InChI is InChI=1S/C24H29N5O4S/c1-32-21-8-5-18(13-22(21)33-2)20-16-34-24(31)29(27-20)14-17-3-6-19(7-4-17)26-23(30)15-28-11-9-25-10-12-28/h3-8,13,25H,9-12,14-16H2,1-2H3,(H,26,30). The van der Waals surface area contributed by atoms with Crippen molar-refractivity contribution in [1.29, 1.82) is 0 Å². The second-order valence-electron chi connectivity index (χ2n) is 8.00. The number of ether oxygens (including phenoxy) is 2. The van der Waals surface area contributed by atoms with E-state index in [9.17, 15) is 9.59 Å². The number of thioether (sulfide) groups is 1. The zero-order chi connectivity index (χ0) is 23.9. The van der Waals surface area contributed by atoms with Crippen LogP contribution in [-0.2, 0) is 11.3 Å². The van der Waals surface area contributed by atoms with Gasteiger partial charge in [0.05, 0.1) is 33.0 Å². The predicted octanol–water partition coefficient (Wildman–Crippen LogP) is 2.62. The quantitative estimate of drug-likeness (QED) is 0.596. The number of carbonyl (C=O) groups excluding carboxylic acids is 2. The number of amides is 2. The van der Waals surface area contributed by atoms with Crippen LogP contribution < -0.4 is 20.1 Å². The molecule has 2 aliphatic heterocycles. The first-order chi connectivity index (χ1) is 16.6. The number of piperazine rings is 1. The maximum Gasteiger partial charge on any atom is 0.302 e. The summed E-state index contributed by atoms with van der Waals surface area (Å²) in [6, 6.07) is 13.1. The monoisotopic (exact) mass is 483 g/mol. The van der Waals surface area contributed by atoms with Crippen molar-refractivity contribution < 1.29 is 19.1 Å². The Labute approximate surface area is 203 Å². The van der Waals surface area contributed by atoms with E-state index in [-0.39, 0.29) is 11.1 Å². The highest BCUT2D eigenvalue weighted by Gasteiger charge is 2.23. The molecule has 2 aliphatic rings. The third kappa shape index (κ3) is 6.07. The molecule has 4 rings (SSSR count). The van der Waals surface area contributed by atoms with E-state index in [1.807, 2.05) is 42.5 Å². The summed E-state index contributed by atoms with van der Waals surface area (Å²) < 4.78 is 10.7. The summed E-state index contributed by atoms with van der Waals surface area (Å²) in [5.41, 5.74) is 3.33. The number of benzene rings is 2. The van der Waals surface area contributed by atoms with Gasteiger partial charge < -0.3 is 20.1 Å². The maximum atomic E-state index is 12.5. The van der Waals surface area contributed by atoms with Crippen LogP contribution in [0.4, 0.5) is 10.5 Å². The molecule has 180 valence electrons. The lowest BCUT2D eigenvalue weighted by Gasteiger charge is -2.26. The van der Waals surface area contributed by atoms with Crippen molar-refractivity contribution in [2.75, 3.05) is 58.0 Å². The molecule has 0 spiro atoms. The van der Waals surface area contributed by atoms with Gasteiger partial charge in [0.15, 0.2) is 11.5 Å². The second-order valence-corrected chi connectivity index (χ2v) is 8.93. The number of hydrogen-bond acceptors (Lipinski definition) is 8. The van der Waals surface area contributed by atoms with E-state index in [2.05, 4.69) is 20.6 Å². The Bertz CT molecular complexity index is 1050. The lowest BCUT2D eigenvalue weighted by atomic mass is 10.1. The molecule has 2 aromatic carbocycles. The SMILES string of the molecule is COc1ccc(C2=NN(Cc3ccc(NC(=O)CN4CCNCC4)cc3)C(=O)SC2)cc1OC. The summed E-state index contributed by atoms with van der Waals surface area (Å²) in [4.78, 5) is 26.9. The van der Waals surface area contributed by atoms with E-state index < -0.39 is 0 Å². The van der Waals surface area contributed by atoms with Crippen LogP contribution in [0.15, 0.2) is 47.6 Å². The van der Waals surface area contributed by atoms with Gasteiger partial charge in [-0.1, -0.05) is 23.9 Å². The molecule has 0 unspecified atom stereocenters. The van der Waals surface area contributed by atoms with Gasteiger partial charge in [-0.3, -0.25) is 14.5 Å². The third-order valence-electron chi connectivity index (χ3n) is 5.65. The fourth-order valence-corrected chi connectivity index (χ4v) is 4.55. The van der Waals surface area contributed by atoms with Crippen LogP contribution in [0.5, 0.6) is 11.5 Å². The Morgan fingerprint density at radius 2 is 1.82 bits per heavy atom. The smallest absolute Gasteiger partial charge is 0.302 e. The highest BCUT2D eigenvalue weighted by atomic mass is 32.2. The fraction of sp³-hybridized carbons (Fsp3) is 0.375. The fourth-order valence-electron chi connectivity index (χ4n) is 3.82. The molecule has 0 radical (unpaired) electrons. The van der Waals surface area contributed by atoms with Crippen molar-refractivity contribution in [2.45, 2.75) is 6.54 Å². The van der Waals surface area contributed by atoms with Gasteiger partial charge >= 0.3 is 5.24 Å². The third-order valence-corrected chi connectivity index (χ3v) is 6.52. The topological polar surface area (TPSA) is 95.5 Å². The van der Waals surface area contributed by atoms with E-state index in [4.69, 9.17) is 9.47 Å². The van der Waals surface area contributed by atoms with Crippen molar-refractivity contribution >= 4 is 34.3 Å². The first kappa shape index (κ1) is 24.1. The molecular formula is C24H29N5O4S. The van der Waals surface area contributed by atoms with Gasteiger partial charge in [0, 0.05) is 43.2 Å². The van der Waals surface area contributed by atoms with Crippen molar-refractivity contribution in [3.63, 3.8) is 0 Å². The molecule has 10 heteroatoms. The van der Waals surface area contributed by atoms with Crippen molar-refractivity contribution in [3.05, 3.63) is 53.6 Å². The van der Waals surface area contributed by atoms with Gasteiger partial charge in [-0.2, -0.15) is 5.10 Å². The van der Waals surface area contributed by atoms with Crippen molar-refractivity contribution in [2.24, 2.45) is 5.10 Å². The first-order valence-corrected chi connectivity index (χ1v) is 12.1. The number of hydrogen-bond donors (Lipinski definition) is 2. The van der Waals surface area contributed by atoms with Crippen LogP contribution in [-0.4, -0.2) is 79.5 Å². The molecule has 1 saturated heterocycles. The van der Waals surface area contributed by atoms with Crippen LogP contribution >= 0.6 is 11.8 Å². The van der Waals surface area contributed by atoms with Gasteiger partial charge in [-0.25, -0.2) is 5.01 Å². The normalized spacial score (nSPS) is 16.7. The molecule has 0 aliphatic carbocycles. The predicted molar refractivity (Wildman–Crippen MR) is 134 cm³/mol. The number of nitrogens with zero attached hydrogens (tertiary/aromatic N) is 3. The van der Waals surface area contributed by atoms with Crippen LogP contribution in [0, 0.1) is 0 Å². The molecule has 0 bridgehead atoms. The molecule has 1 fully saturated rings. The largest absolute Gasteiger partial charge is 0.493 e. The zero-order valence-corrected chi connectivity index (χ0v) is 20.2. The van der Waals surface area contributed by atoms with Gasteiger partial charge in [-0.15, -0.1) is 0 Å². The number of methoxy groups -OCH3 is 2. The minimum Gasteiger partial charge on any atom is -0.493 e. The lowest BCUT2D eigenvalue weighted by Crippen LogP contribution is -2.46. The molecule has 34 heavy (non-hydrogen) atoms. The molecule has 0 aromatic heterocycles. The number of rotatable bonds is 8. The van der Waals surface area contributed by atoms with Crippen LogP contribution in [0.2, 0.25) is 0 Å². The maximum absolute atomic E-state index is 12.5. The Kier molecular flexibility index (Phi) is 8.04. The number of carbonyl (C=O) groups is 2. The minimum absolute atomic E-state index is 0.0265. The van der Waals surface area contributed by atoms with E-state index in [1.54, 1.807) is 14.2 Å². The minimum atomic E-state index is -0.0994. The summed E-state index contributed by atoms with van der Waals surface area (Å²) in [6.45, 7) is 4.30. The van der Waals surface area contributed by atoms with Crippen LogP contribution in [0.3, 0.4) is 0 Å². The molecule has 2 heterocycles. The highest BCUT2D eigenvalue weighted by molar-refractivity contribution is 8.14. The molecular weight excluding hydrogens is 454 g/mol. The average molecular weight is 484 g/mol. The van der Waals surface area contributed by atoms with Gasteiger partial charge in [0.2, 0.25) is 5.91 Å². The molecule has 9 nitrogen and oxygen atoms in total. The van der Waals surface area contributed by atoms with Gasteiger partial charge in [-0.05, 0) is 35.9 Å². The van der Waals surface area contributed by atoms with E-state index in [1.165, 1.54) is 16.8 Å². The van der Waals surface area contributed by atoms with Gasteiger partial charge in [0.25, 0.3) is 0 Å². The first-order valence-electron chi connectivity index (χ1n) is 11.1.